The van der Waals surface area contributed by atoms with E-state index in [0.29, 0.717) is 6.42 Å². The van der Waals surface area contributed by atoms with Crippen LogP contribution in [0.4, 0.5) is 5.69 Å². The number of carbonyl (C=O) groups excluding carboxylic acids is 2. The molecule has 7 heteroatoms. The van der Waals surface area contributed by atoms with Crippen molar-refractivity contribution in [3.8, 4) is 0 Å². The van der Waals surface area contributed by atoms with Gasteiger partial charge in [0.15, 0.2) is 0 Å². The lowest BCUT2D eigenvalue weighted by atomic mass is 9.97. The summed E-state index contributed by atoms with van der Waals surface area (Å²) >= 11 is 1.19. The number of carboxylic acid groups (broad SMARTS) is 1. The first-order chi connectivity index (χ1) is 11.8. The van der Waals surface area contributed by atoms with Crippen LogP contribution in [0.5, 0.6) is 0 Å². The van der Waals surface area contributed by atoms with Crippen molar-refractivity contribution >= 4 is 35.2 Å². The molecular formula is C18H26N2O4S. The average Bonchev–Trinajstić information content (AvgIpc) is 2.53. The number of hydrogen-bond donors (Lipinski definition) is 3. The minimum atomic E-state index is -0.904. The molecule has 25 heavy (non-hydrogen) atoms. The second kappa shape index (κ2) is 10.8. The number of thioether (sulfide) groups is 1. The Morgan fingerprint density at radius 2 is 1.68 bits per heavy atom. The monoisotopic (exact) mass is 366 g/mol. The first-order valence-corrected chi connectivity index (χ1v) is 9.37. The van der Waals surface area contributed by atoms with Crippen molar-refractivity contribution in [1.29, 1.82) is 0 Å². The predicted molar refractivity (Wildman–Crippen MR) is 101 cm³/mol. The van der Waals surface area contributed by atoms with Crippen LogP contribution in [0.1, 0.15) is 25.8 Å². The first-order valence-electron chi connectivity index (χ1n) is 8.21. The van der Waals surface area contributed by atoms with Crippen LogP contribution in [0.15, 0.2) is 24.3 Å². The molecule has 0 radical (unpaired) electrons. The van der Waals surface area contributed by atoms with Gasteiger partial charge >= 0.3 is 5.97 Å². The number of hydrogen-bond acceptors (Lipinski definition) is 4. The van der Waals surface area contributed by atoms with Crippen LogP contribution in [0, 0.1) is 18.8 Å². The lowest BCUT2D eigenvalue weighted by Gasteiger charge is -2.15. The third-order valence-electron chi connectivity index (χ3n) is 3.45. The van der Waals surface area contributed by atoms with Gasteiger partial charge in [-0.05, 0) is 31.4 Å². The Kier molecular flexibility index (Phi) is 9.05. The molecule has 0 aliphatic carbocycles. The maximum atomic E-state index is 11.8. The molecule has 138 valence electrons. The Hall–Kier alpha value is -2.02. The van der Waals surface area contributed by atoms with E-state index in [9.17, 15) is 14.4 Å². The lowest BCUT2D eigenvalue weighted by Crippen LogP contribution is -2.34. The largest absolute Gasteiger partial charge is 0.481 e. The molecule has 0 saturated heterocycles. The summed E-state index contributed by atoms with van der Waals surface area (Å²) in [4.78, 5) is 34.7. The zero-order valence-electron chi connectivity index (χ0n) is 14.9. The van der Waals surface area contributed by atoms with E-state index < -0.39 is 11.9 Å². The predicted octanol–water partition coefficient (Wildman–Crippen LogP) is 2.53. The summed E-state index contributed by atoms with van der Waals surface area (Å²) in [5.74, 6) is -1.39. The number of aryl methyl sites for hydroxylation is 1. The fourth-order valence-electron chi connectivity index (χ4n) is 2.20. The highest BCUT2D eigenvalue weighted by Crippen LogP contribution is 2.12. The minimum absolute atomic E-state index is 0.114. The maximum Gasteiger partial charge on any atom is 0.308 e. The molecule has 0 aliphatic rings. The summed E-state index contributed by atoms with van der Waals surface area (Å²) in [5, 5.41) is 14.5. The molecule has 1 rings (SSSR count). The van der Waals surface area contributed by atoms with Crippen LogP contribution in [-0.2, 0) is 14.4 Å². The third kappa shape index (κ3) is 9.14. The summed E-state index contributed by atoms with van der Waals surface area (Å²) in [6, 6.07) is 7.47. The molecule has 1 aromatic rings. The van der Waals surface area contributed by atoms with Gasteiger partial charge in [-0.3, -0.25) is 14.4 Å². The molecule has 1 unspecified atom stereocenters. The lowest BCUT2D eigenvalue weighted by molar-refractivity contribution is -0.142. The van der Waals surface area contributed by atoms with Gasteiger partial charge in [0.05, 0.1) is 17.4 Å². The van der Waals surface area contributed by atoms with Gasteiger partial charge < -0.3 is 15.7 Å². The van der Waals surface area contributed by atoms with E-state index in [1.807, 2.05) is 45.0 Å². The summed E-state index contributed by atoms with van der Waals surface area (Å²) in [5.41, 5.74) is 1.83. The number of carboxylic acids is 1. The van der Waals surface area contributed by atoms with Crippen molar-refractivity contribution in [1.82, 2.24) is 5.32 Å². The van der Waals surface area contributed by atoms with E-state index in [4.69, 9.17) is 5.11 Å². The highest BCUT2D eigenvalue weighted by molar-refractivity contribution is 8.00. The standard InChI is InChI=1S/C18H26N2O4S/c1-12(2)8-14(18(23)24)9-19-16(21)10-25-11-17(22)20-15-6-4-13(3)5-7-15/h4-7,12,14H,8-11H2,1-3H3,(H,19,21)(H,20,22)(H,23,24). The van der Waals surface area contributed by atoms with Gasteiger partial charge in [0.2, 0.25) is 11.8 Å². The molecule has 0 spiro atoms. The van der Waals surface area contributed by atoms with Crippen molar-refractivity contribution in [3.63, 3.8) is 0 Å². The van der Waals surface area contributed by atoms with E-state index in [2.05, 4.69) is 10.6 Å². The zero-order valence-corrected chi connectivity index (χ0v) is 15.7. The highest BCUT2D eigenvalue weighted by atomic mass is 32.2. The van der Waals surface area contributed by atoms with Crippen molar-refractivity contribution < 1.29 is 19.5 Å². The molecule has 2 amide bonds. The van der Waals surface area contributed by atoms with Crippen molar-refractivity contribution in [2.45, 2.75) is 27.2 Å². The van der Waals surface area contributed by atoms with Crippen LogP contribution >= 0.6 is 11.8 Å². The minimum Gasteiger partial charge on any atom is -0.481 e. The van der Waals surface area contributed by atoms with Gasteiger partial charge in [-0.25, -0.2) is 0 Å². The molecule has 6 nitrogen and oxygen atoms in total. The van der Waals surface area contributed by atoms with Gasteiger partial charge in [0.25, 0.3) is 0 Å². The van der Waals surface area contributed by atoms with Crippen LogP contribution in [-0.4, -0.2) is 40.9 Å². The molecule has 0 aromatic heterocycles. The van der Waals surface area contributed by atoms with Crippen LogP contribution < -0.4 is 10.6 Å². The number of carbonyl (C=O) groups is 3. The van der Waals surface area contributed by atoms with Gasteiger partial charge in [-0.15, -0.1) is 11.8 Å². The maximum absolute atomic E-state index is 11.8. The van der Waals surface area contributed by atoms with E-state index in [-0.39, 0.29) is 35.8 Å². The number of nitrogens with one attached hydrogen (secondary N) is 2. The Bertz CT molecular complexity index is 587. The van der Waals surface area contributed by atoms with E-state index in [1.54, 1.807) is 0 Å². The third-order valence-corrected chi connectivity index (χ3v) is 4.39. The number of anilines is 1. The van der Waals surface area contributed by atoms with Gasteiger partial charge in [-0.1, -0.05) is 31.5 Å². The Morgan fingerprint density at radius 1 is 1.08 bits per heavy atom. The number of amides is 2. The fourth-order valence-corrected chi connectivity index (χ4v) is 2.85. The number of aliphatic carboxylic acids is 1. The van der Waals surface area contributed by atoms with Gasteiger partial charge in [-0.2, -0.15) is 0 Å². The SMILES string of the molecule is Cc1ccc(NC(=O)CSCC(=O)NCC(CC(C)C)C(=O)O)cc1. The molecule has 0 saturated carbocycles. The molecule has 0 heterocycles. The highest BCUT2D eigenvalue weighted by Gasteiger charge is 2.19. The molecule has 1 aromatic carbocycles. The zero-order chi connectivity index (χ0) is 18.8. The number of rotatable bonds is 10. The molecule has 0 aliphatic heterocycles. The van der Waals surface area contributed by atoms with Crippen LogP contribution in [0.3, 0.4) is 0 Å². The molecule has 1 atom stereocenters. The average molecular weight is 366 g/mol. The first kappa shape index (κ1) is 21.0. The topological polar surface area (TPSA) is 95.5 Å². The van der Waals surface area contributed by atoms with Gasteiger partial charge in [0, 0.05) is 12.2 Å². The fraction of sp³-hybridized carbons (Fsp3) is 0.500. The van der Waals surface area contributed by atoms with Crippen molar-refractivity contribution in [2.24, 2.45) is 11.8 Å². The second-order valence-electron chi connectivity index (χ2n) is 6.38. The molecule has 0 bridgehead atoms. The van der Waals surface area contributed by atoms with Crippen molar-refractivity contribution in [3.05, 3.63) is 29.8 Å². The van der Waals surface area contributed by atoms with Crippen LogP contribution in [0.2, 0.25) is 0 Å². The summed E-state index contributed by atoms with van der Waals surface area (Å²) < 4.78 is 0. The number of benzene rings is 1. The molecular weight excluding hydrogens is 340 g/mol. The van der Waals surface area contributed by atoms with E-state index in [0.717, 1.165) is 11.3 Å². The Labute approximate surface area is 152 Å². The summed E-state index contributed by atoms with van der Waals surface area (Å²) in [6.45, 7) is 5.97. The second-order valence-corrected chi connectivity index (χ2v) is 7.36. The quantitative estimate of drug-likeness (QED) is 0.591. The molecule has 3 N–H and O–H groups in total. The summed E-state index contributed by atoms with van der Waals surface area (Å²) in [7, 11) is 0. The normalized spacial score (nSPS) is 11.8. The summed E-state index contributed by atoms with van der Waals surface area (Å²) in [6.07, 6.45) is 0.516. The van der Waals surface area contributed by atoms with Gasteiger partial charge in [0.1, 0.15) is 0 Å². The smallest absolute Gasteiger partial charge is 0.308 e. The van der Waals surface area contributed by atoms with Crippen LogP contribution in [0.25, 0.3) is 0 Å². The Morgan fingerprint density at radius 3 is 2.24 bits per heavy atom. The molecule has 0 fully saturated rings. The van der Waals surface area contributed by atoms with E-state index in [1.165, 1.54) is 11.8 Å². The Balaban J connectivity index is 2.26. The van der Waals surface area contributed by atoms with E-state index >= 15 is 0 Å². The van der Waals surface area contributed by atoms with Crippen molar-refractivity contribution in [2.75, 3.05) is 23.4 Å².